The van der Waals surface area contributed by atoms with Gasteiger partial charge in [0.25, 0.3) is 5.91 Å². The smallest absolute Gasteiger partial charge is 0.255 e. The van der Waals surface area contributed by atoms with E-state index in [2.05, 4.69) is 16.0 Å². The van der Waals surface area contributed by atoms with Gasteiger partial charge in [0.05, 0.1) is 19.1 Å². The zero-order valence-electron chi connectivity index (χ0n) is 14.7. The van der Waals surface area contributed by atoms with Gasteiger partial charge in [0.15, 0.2) is 0 Å². The molecule has 0 radical (unpaired) electrons. The molecule has 1 aliphatic heterocycles. The number of benzene rings is 2. The molecule has 1 aliphatic rings. The summed E-state index contributed by atoms with van der Waals surface area (Å²) in [5.41, 5.74) is 2.96. The Hall–Kier alpha value is -2.70. The first-order chi connectivity index (χ1) is 12.6. The number of nitrogens with one attached hydrogen (secondary N) is 3. The van der Waals surface area contributed by atoms with Gasteiger partial charge in [-0.2, -0.15) is 0 Å². The van der Waals surface area contributed by atoms with Crippen LogP contribution in [-0.2, 0) is 9.53 Å². The molecule has 136 valence electrons. The van der Waals surface area contributed by atoms with Crippen LogP contribution in [0, 0.1) is 6.92 Å². The lowest BCUT2D eigenvalue weighted by Gasteiger charge is -2.23. The molecular formula is C20H23N3O3. The van der Waals surface area contributed by atoms with E-state index in [4.69, 9.17) is 4.74 Å². The lowest BCUT2D eigenvalue weighted by molar-refractivity contribution is -0.119. The Balaban J connectivity index is 1.57. The van der Waals surface area contributed by atoms with E-state index in [1.54, 1.807) is 36.4 Å². The maximum absolute atomic E-state index is 12.3. The van der Waals surface area contributed by atoms with E-state index in [1.807, 2.05) is 19.1 Å². The predicted octanol–water partition coefficient (Wildman–Crippen LogP) is 2.56. The fourth-order valence-corrected chi connectivity index (χ4v) is 2.75. The fourth-order valence-electron chi connectivity index (χ4n) is 2.75. The van der Waals surface area contributed by atoms with Gasteiger partial charge in [0.1, 0.15) is 0 Å². The third kappa shape index (κ3) is 5.15. The van der Waals surface area contributed by atoms with Crippen molar-refractivity contribution >= 4 is 23.2 Å². The van der Waals surface area contributed by atoms with Crippen LogP contribution < -0.4 is 16.0 Å². The number of hydrogen-bond acceptors (Lipinski definition) is 4. The maximum atomic E-state index is 12.3. The lowest BCUT2D eigenvalue weighted by atomic mass is 10.1. The largest absolute Gasteiger partial charge is 0.375 e. The average molecular weight is 353 g/mol. The highest BCUT2D eigenvalue weighted by Gasteiger charge is 2.17. The quantitative estimate of drug-likeness (QED) is 0.772. The highest BCUT2D eigenvalue weighted by atomic mass is 16.5. The molecule has 6 heteroatoms. The molecule has 0 aliphatic carbocycles. The van der Waals surface area contributed by atoms with Gasteiger partial charge in [-0.25, -0.2) is 0 Å². The van der Waals surface area contributed by atoms with Gasteiger partial charge in [0.2, 0.25) is 5.91 Å². The third-order valence-corrected chi connectivity index (χ3v) is 4.14. The van der Waals surface area contributed by atoms with Gasteiger partial charge in [-0.05, 0) is 37.3 Å². The van der Waals surface area contributed by atoms with E-state index in [0.717, 1.165) is 12.1 Å². The highest BCUT2D eigenvalue weighted by Crippen LogP contribution is 2.17. The summed E-state index contributed by atoms with van der Waals surface area (Å²) < 4.78 is 5.54. The first-order valence-corrected chi connectivity index (χ1v) is 8.70. The van der Waals surface area contributed by atoms with Crippen LogP contribution in [0.25, 0.3) is 0 Å². The Morgan fingerprint density at radius 2 is 1.85 bits per heavy atom. The number of carbonyl (C=O) groups excluding carboxylic acids is 2. The second-order valence-electron chi connectivity index (χ2n) is 6.35. The molecule has 3 N–H and O–H groups in total. The van der Waals surface area contributed by atoms with E-state index in [0.29, 0.717) is 36.5 Å². The molecule has 2 amide bonds. The first kappa shape index (κ1) is 18.1. The van der Waals surface area contributed by atoms with Gasteiger partial charge >= 0.3 is 0 Å². The van der Waals surface area contributed by atoms with Gasteiger partial charge in [-0.15, -0.1) is 0 Å². The van der Waals surface area contributed by atoms with Crippen LogP contribution in [0.4, 0.5) is 11.4 Å². The van der Waals surface area contributed by atoms with Crippen LogP contribution in [0.3, 0.4) is 0 Å². The number of morpholine rings is 1. The summed E-state index contributed by atoms with van der Waals surface area (Å²) in [5, 5.41) is 8.90. The van der Waals surface area contributed by atoms with Crippen molar-refractivity contribution in [3.8, 4) is 0 Å². The Bertz CT molecular complexity index is 768. The Labute approximate surface area is 152 Å². The van der Waals surface area contributed by atoms with E-state index < -0.39 is 0 Å². The first-order valence-electron chi connectivity index (χ1n) is 8.70. The number of amides is 2. The van der Waals surface area contributed by atoms with E-state index in [9.17, 15) is 9.59 Å². The number of rotatable bonds is 5. The van der Waals surface area contributed by atoms with Gasteiger partial charge in [-0.1, -0.05) is 23.8 Å². The van der Waals surface area contributed by atoms with Gasteiger partial charge < -0.3 is 20.7 Å². The van der Waals surface area contributed by atoms with Crippen molar-refractivity contribution in [3.05, 3.63) is 59.7 Å². The van der Waals surface area contributed by atoms with Crippen molar-refractivity contribution in [1.82, 2.24) is 5.32 Å². The van der Waals surface area contributed by atoms with Crippen LogP contribution in [-0.4, -0.2) is 37.6 Å². The second kappa shape index (κ2) is 8.60. The van der Waals surface area contributed by atoms with Crippen LogP contribution in [0.1, 0.15) is 22.3 Å². The third-order valence-electron chi connectivity index (χ3n) is 4.14. The zero-order chi connectivity index (χ0) is 18.4. The summed E-state index contributed by atoms with van der Waals surface area (Å²) >= 11 is 0. The molecule has 0 bridgehead atoms. The number of hydrogen-bond donors (Lipinski definition) is 3. The SMILES string of the molecule is Cc1ccc(C(=O)Nc2cccc(NC(=O)C[C@@H]3CNCCO3)c2)cc1. The molecule has 0 spiro atoms. The zero-order valence-corrected chi connectivity index (χ0v) is 14.7. The minimum Gasteiger partial charge on any atom is -0.375 e. The monoisotopic (exact) mass is 353 g/mol. The molecule has 1 saturated heterocycles. The normalized spacial score (nSPS) is 16.7. The maximum Gasteiger partial charge on any atom is 0.255 e. The Kier molecular flexibility index (Phi) is 5.99. The highest BCUT2D eigenvalue weighted by molar-refractivity contribution is 6.04. The lowest BCUT2D eigenvalue weighted by Crippen LogP contribution is -2.40. The standard InChI is InChI=1S/C20H23N3O3/c1-14-5-7-15(8-6-14)20(25)23-17-4-2-3-16(11-17)22-19(24)12-18-13-21-9-10-26-18/h2-8,11,18,21H,9-10,12-13H2,1H3,(H,22,24)(H,23,25)/t18-/m1/s1. The molecule has 1 heterocycles. The molecule has 1 atom stereocenters. The summed E-state index contributed by atoms with van der Waals surface area (Å²) in [5.74, 6) is -0.295. The summed E-state index contributed by atoms with van der Waals surface area (Å²) in [6.45, 7) is 4.10. The van der Waals surface area contributed by atoms with Crippen molar-refractivity contribution in [2.45, 2.75) is 19.4 Å². The van der Waals surface area contributed by atoms with Gasteiger partial charge in [-0.3, -0.25) is 9.59 Å². The van der Waals surface area contributed by atoms with Crippen LogP contribution >= 0.6 is 0 Å². The van der Waals surface area contributed by atoms with E-state index in [-0.39, 0.29) is 17.9 Å². The molecule has 2 aromatic rings. The Morgan fingerprint density at radius 1 is 1.12 bits per heavy atom. The minimum atomic E-state index is -0.185. The van der Waals surface area contributed by atoms with Crippen molar-refractivity contribution in [3.63, 3.8) is 0 Å². The molecule has 2 aromatic carbocycles. The molecule has 0 aromatic heterocycles. The van der Waals surface area contributed by atoms with E-state index >= 15 is 0 Å². The van der Waals surface area contributed by atoms with Crippen LogP contribution in [0.5, 0.6) is 0 Å². The number of aryl methyl sites for hydroxylation is 1. The number of anilines is 2. The number of carbonyl (C=O) groups is 2. The fraction of sp³-hybridized carbons (Fsp3) is 0.300. The molecular weight excluding hydrogens is 330 g/mol. The summed E-state index contributed by atoms with van der Waals surface area (Å²) in [6.07, 6.45) is 0.195. The summed E-state index contributed by atoms with van der Waals surface area (Å²) in [6, 6.07) is 14.5. The number of ether oxygens (including phenoxy) is 1. The van der Waals surface area contributed by atoms with Crippen molar-refractivity contribution in [2.24, 2.45) is 0 Å². The molecule has 3 rings (SSSR count). The van der Waals surface area contributed by atoms with Crippen LogP contribution in [0.15, 0.2) is 48.5 Å². The predicted molar refractivity (Wildman–Crippen MR) is 101 cm³/mol. The molecule has 0 saturated carbocycles. The van der Waals surface area contributed by atoms with E-state index in [1.165, 1.54) is 0 Å². The van der Waals surface area contributed by atoms with Crippen molar-refractivity contribution in [1.29, 1.82) is 0 Å². The van der Waals surface area contributed by atoms with Gasteiger partial charge in [0, 0.05) is 30.0 Å². The average Bonchev–Trinajstić information content (AvgIpc) is 2.63. The Morgan fingerprint density at radius 3 is 2.54 bits per heavy atom. The summed E-state index contributed by atoms with van der Waals surface area (Å²) in [7, 11) is 0. The van der Waals surface area contributed by atoms with Crippen molar-refractivity contribution < 1.29 is 14.3 Å². The minimum absolute atomic E-state index is 0.104. The van der Waals surface area contributed by atoms with Crippen LogP contribution in [0.2, 0.25) is 0 Å². The topological polar surface area (TPSA) is 79.5 Å². The second-order valence-corrected chi connectivity index (χ2v) is 6.35. The molecule has 1 fully saturated rings. The molecule has 0 unspecified atom stereocenters. The molecule has 6 nitrogen and oxygen atoms in total. The van der Waals surface area contributed by atoms with Crippen molar-refractivity contribution in [2.75, 3.05) is 30.3 Å². The molecule has 26 heavy (non-hydrogen) atoms. The summed E-state index contributed by atoms with van der Waals surface area (Å²) in [4.78, 5) is 24.5.